The summed E-state index contributed by atoms with van der Waals surface area (Å²) in [5, 5.41) is 10.0. The smallest absolute Gasteiger partial charge is 0.126 e. The zero-order valence-electron chi connectivity index (χ0n) is 10.2. The molecule has 0 aromatic heterocycles. The largest absolute Gasteiger partial charge is 0.388 e. The maximum atomic E-state index is 13.4. The summed E-state index contributed by atoms with van der Waals surface area (Å²) in [6.45, 7) is 2.50. The van der Waals surface area contributed by atoms with Crippen LogP contribution in [0.4, 0.5) is 4.39 Å². The molecule has 94 valence electrons. The Morgan fingerprint density at radius 3 is 2.94 bits per heavy atom. The van der Waals surface area contributed by atoms with Gasteiger partial charge in [-0.1, -0.05) is 12.1 Å². The molecule has 1 fully saturated rings. The molecule has 2 unspecified atom stereocenters. The van der Waals surface area contributed by atoms with E-state index in [9.17, 15) is 9.50 Å². The number of halogens is 1. The predicted molar refractivity (Wildman–Crippen MR) is 64.3 cm³/mol. The molecule has 3 heteroatoms. The van der Waals surface area contributed by atoms with Crippen LogP contribution in [0.15, 0.2) is 18.2 Å². The van der Waals surface area contributed by atoms with Gasteiger partial charge in [-0.25, -0.2) is 4.39 Å². The summed E-state index contributed by atoms with van der Waals surface area (Å²) in [5.74, 6) is -0.258. The molecule has 1 aromatic carbocycles. The van der Waals surface area contributed by atoms with Crippen LogP contribution in [-0.2, 0) is 4.74 Å². The highest BCUT2D eigenvalue weighted by Gasteiger charge is 2.19. The molecule has 0 aliphatic carbocycles. The van der Waals surface area contributed by atoms with Crippen molar-refractivity contribution in [2.45, 2.75) is 44.8 Å². The summed E-state index contributed by atoms with van der Waals surface area (Å²) in [7, 11) is 0. The first-order valence-corrected chi connectivity index (χ1v) is 6.22. The summed E-state index contributed by atoms with van der Waals surface area (Å²) in [4.78, 5) is 0. The Kier molecular flexibility index (Phi) is 4.13. The quantitative estimate of drug-likeness (QED) is 0.876. The standard InChI is InChI=1S/C14H19FO2/c1-10-5-6-11(8-13(10)15)14(16)9-12-4-2-3-7-17-12/h5-6,8,12,14,16H,2-4,7,9H2,1H3. The first-order chi connectivity index (χ1) is 8.16. The molecule has 0 saturated carbocycles. The van der Waals surface area contributed by atoms with Gasteiger partial charge in [0.2, 0.25) is 0 Å². The minimum absolute atomic E-state index is 0.114. The highest BCUT2D eigenvalue weighted by atomic mass is 19.1. The summed E-state index contributed by atoms with van der Waals surface area (Å²) >= 11 is 0. The fourth-order valence-corrected chi connectivity index (χ4v) is 2.19. The van der Waals surface area contributed by atoms with Crippen molar-refractivity contribution in [2.75, 3.05) is 6.61 Å². The lowest BCUT2D eigenvalue weighted by atomic mass is 9.98. The van der Waals surface area contributed by atoms with E-state index in [0.29, 0.717) is 17.5 Å². The summed E-state index contributed by atoms with van der Waals surface area (Å²) in [5.41, 5.74) is 1.25. The lowest BCUT2D eigenvalue weighted by molar-refractivity contribution is -0.0156. The zero-order chi connectivity index (χ0) is 12.3. The number of aryl methyl sites for hydroxylation is 1. The molecule has 1 aliphatic heterocycles. The van der Waals surface area contributed by atoms with Gasteiger partial charge < -0.3 is 9.84 Å². The van der Waals surface area contributed by atoms with Crippen LogP contribution in [0.3, 0.4) is 0 Å². The van der Waals surface area contributed by atoms with Crippen molar-refractivity contribution < 1.29 is 14.2 Å². The molecule has 1 heterocycles. The van der Waals surface area contributed by atoms with E-state index in [2.05, 4.69) is 0 Å². The molecular formula is C14H19FO2. The Morgan fingerprint density at radius 2 is 2.29 bits per heavy atom. The van der Waals surface area contributed by atoms with Gasteiger partial charge in [0.1, 0.15) is 5.82 Å². The van der Waals surface area contributed by atoms with E-state index in [0.717, 1.165) is 25.9 Å². The van der Waals surface area contributed by atoms with Crippen LogP contribution in [-0.4, -0.2) is 17.8 Å². The van der Waals surface area contributed by atoms with Crippen molar-refractivity contribution in [2.24, 2.45) is 0 Å². The summed E-state index contributed by atoms with van der Waals surface area (Å²) in [6, 6.07) is 4.91. The second-order valence-electron chi connectivity index (χ2n) is 4.75. The third-order valence-electron chi connectivity index (χ3n) is 3.34. The second kappa shape index (κ2) is 5.61. The van der Waals surface area contributed by atoms with Gasteiger partial charge in [-0.2, -0.15) is 0 Å². The van der Waals surface area contributed by atoms with Crippen LogP contribution in [0.1, 0.15) is 42.9 Å². The van der Waals surface area contributed by atoms with Gasteiger partial charge in [0.05, 0.1) is 12.2 Å². The molecule has 0 bridgehead atoms. The predicted octanol–water partition coefficient (Wildman–Crippen LogP) is 3.13. The van der Waals surface area contributed by atoms with Crippen molar-refractivity contribution in [3.8, 4) is 0 Å². The fourth-order valence-electron chi connectivity index (χ4n) is 2.19. The maximum absolute atomic E-state index is 13.4. The number of aliphatic hydroxyl groups excluding tert-OH is 1. The van der Waals surface area contributed by atoms with Gasteiger partial charge >= 0.3 is 0 Å². The van der Waals surface area contributed by atoms with E-state index >= 15 is 0 Å². The lowest BCUT2D eigenvalue weighted by Gasteiger charge is -2.25. The van der Waals surface area contributed by atoms with E-state index in [4.69, 9.17) is 4.74 Å². The van der Waals surface area contributed by atoms with E-state index in [1.54, 1.807) is 19.1 Å². The molecule has 0 radical (unpaired) electrons. The van der Waals surface area contributed by atoms with Crippen molar-refractivity contribution in [1.29, 1.82) is 0 Å². The van der Waals surface area contributed by atoms with Crippen molar-refractivity contribution in [1.82, 2.24) is 0 Å². The highest BCUT2D eigenvalue weighted by molar-refractivity contribution is 5.24. The first-order valence-electron chi connectivity index (χ1n) is 6.22. The average Bonchev–Trinajstić information content (AvgIpc) is 2.34. The number of hydrogen-bond acceptors (Lipinski definition) is 2. The number of benzene rings is 1. The fraction of sp³-hybridized carbons (Fsp3) is 0.571. The third-order valence-corrected chi connectivity index (χ3v) is 3.34. The van der Waals surface area contributed by atoms with Crippen LogP contribution in [0, 0.1) is 12.7 Å². The molecular weight excluding hydrogens is 219 g/mol. The minimum Gasteiger partial charge on any atom is -0.388 e. The van der Waals surface area contributed by atoms with Gasteiger partial charge in [-0.05, 0) is 43.4 Å². The molecule has 0 spiro atoms. The van der Waals surface area contributed by atoms with Crippen molar-refractivity contribution >= 4 is 0 Å². The molecule has 2 rings (SSSR count). The van der Waals surface area contributed by atoms with E-state index in [1.807, 2.05) is 0 Å². The Labute approximate surface area is 101 Å². The molecule has 1 N–H and O–H groups in total. The number of hydrogen-bond donors (Lipinski definition) is 1. The molecule has 2 nitrogen and oxygen atoms in total. The van der Waals surface area contributed by atoms with E-state index in [1.165, 1.54) is 6.07 Å². The van der Waals surface area contributed by atoms with Gasteiger partial charge in [-0.15, -0.1) is 0 Å². The minimum atomic E-state index is -0.631. The van der Waals surface area contributed by atoms with E-state index < -0.39 is 6.10 Å². The number of ether oxygens (including phenoxy) is 1. The van der Waals surface area contributed by atoms with Crippen molar-refractivity contribution in [3.63, 3.8) is 0 Å². The van der Waals surface area contributed by atoms with Gasteiger partial charge in [0.25, 0.3) is 0 Å². The Hall–Kier alpha value is -0.930. The maximum Gasteiger partial charge on any atom is 0.126 e. The molecule has 17 heavy (non-hydrogen) atoms. The molecule has 1 aliphatic rings. The molecule has 2 atom stereocenters. The SMILES string of the molecule is Cc1ccc(C(O)CC2CCCCO2)cc1F. The van der Waals surface area contributed by atoms with Crippen LogP contribution >= 0.6 is 0 Å². The number of rotatable bonds is 3. The van der Waals surface area contributed by atoms with Gasteiger partial charge in [0.15, 0.2) is 0 Å². The van der Waals surface area contributed by atoms with Crippen LogP contribution in [0.25, 0.3) is 0 Å². The second-order valence-corrected chi connectivity index (χ2v) is 4.75. The molecule has 0 amide bonds. The number of aliphatic hydroxyl groups is 1. The average molecular weight is 238 g/mol. The Balaban J connectivity index is 1.98. The van der Waals surface area contributed by atoms with Crippen LogP contribution in [0.2, 0.25) is 0 Å². The topological polar surface area (TPSA) is 29.5 Å². The zero-order valence-corrected chi connectivity index (χ0v) is 10.2. The first kappa shape index (κ1) is 12.5. The highest BCUT2D eigenvalue weighted by Crippen LogP contribution is 2.25. The normalized spacial score (nSPS) is 22.4. The molecule has 1 saturated heterocycles. The van der Waals surface area contributed by atoms with Crippen LogP contribution < -0.4 is 0 Å². The Bertz CT molecular complexity index is 372. The lowest BCUT2D eigenvalue weighted by Crippen LogP contribution is -2.21. The molecule has 1 aromatic rings. The summed E-state index contributed by atoms with van der Waals surface area (Å²) in [6.07, 6.45) is 3.29. The Morgan fingerprint density at radius 1 is 1.47 bits per heavy atom. The van der Waals surface area contributed by atoms with Gasteiger partial charge in [0, 0.05) is 13.0 Å². The van der Waals surface area contributed by atoms with Crippen molar-refractivity contribution in [3.05, 3.63) is 35.1 Å². The summed E-state index contributed by atoms with van der Waals surface area (Å²) < 4.78 is 18.9. The van der Waals surface area contributed by atoms with Crippen LogP contribution in [0.5, 0.6) is 0 Å². The third kappa shape index (κ3) is 3.27. The van der Waals surface area contributed by atoms with E-state index in [-0.39, 0.29) is 11.9 Å². The monoisotopic (exact) mass is 238 g/mol. The van der Waals surface area contributed by atoms with Gasteiger partial charge in [-0.3, -0.25) is 0 Å².